The maximum atomic E-state index is 13.6. The molecule has 1 N–H and O–H groups in total. The molecule has 0 radical (unpaired) electrons. The highest BCUT2D eigenvalue weighted by Gasteiger charge is 2.53. The van der Waals surface area contributed by atoms with Gasteiger partial charge in [-0.15, -0.1) is 0 Å². The van der Waals surface area contributed by atoms with Gasteiger partial charge in [0, 0.05) is 31.8 Å². The number of benzene rings is 2. The van der Waals surface area contributed by atoms with Gasteiger partial charge in [0.15, 0.2) is 0 Å². The highest BCUT2D eigenvalue weighted by Crippen LogP contribution is 2.45. The number of halogens is 1. The first-order chi connectivity index (χ1) is 18.3. The molecule has 1 amide bonds. The van der Waals surface area contributed by atoms with E-state index in [2.05, 4.69) is 9.89 Å². The molecule has 0 unspecified atom stereocenters. The Hall–Kier alpha value is -3.26. The van der Waals surface area contributed by atoms with Gasteiger partial charge in [0.2, 0.25) is 0 Å². The summed E-state index contributed by atoms with van der Waals surface area (Å²) in [5.74, 6) is 0.295. The minimum Gasteiger partial charge on any atom is -0.493 e. The molecule has 2 heterocycles. The first kappa shape index (κ1) is 26.4. The van der Waals surface area contributed by atoms with Crippen molar-refractivity contribution in [2.24, 2.45) is 22.2 Å². The molecular formula is C30H35FN2O5. The third kappa shape index (κ3) is 5.19. The summed E-state index contributed by atoms with van der Waals surface area (Å²) in [6.07, 6.45) is 3.59. The lowest BCUT2D eigenvalue weighted by Gasteiger charge is -2.46. The number of aliphatic imine (C=N–C) groups is 1. The van der Waals surface area contributed by atoms with E-state index in [0.717, 1.165) is 35.2 Å². The molecule has 0 aromatic heterocycles. The number of amides is 1. The summed E-state index contributed by atoms with van der Waals surface area (Å²) in [6.45, 7) is 6.78. The fourth-order valence-corrected chi connectivity index (χ4v) is 6.22. The second kappa shape index (κ2) is 10.8. The molecular weight excluding hydrogens is 487 g/mol. The van der Waals surface area contributed by atoms with Gasteiger partial charge in [-0.1, -0.05) is 12.1 Å². The van der Waals surface area contributed by atoms with Crippen molar-refractivity contribution in [1.82, 2.24) is 4.90 Å². The van der Waals surface area contributed by atoms with E-state index in [1.807, 2.05) is 26.0 Å². The van der Waals surface area contributed by atoms with Crippen molar-refractivity contribution in [3.8, 4) is 22.6 Å². The maximum absolute atomic E-state index is 13.6. The number of rotatable bonds is 9. The van der Waals surface area contributed by atoms with E-state index in [4.69, 9.17) is 9.47 Å². The van der Waals surface area contributed by atoms with Gasteiger partial charge in [0.05, 0.1) is 30.1 Å². The number of carbonyl (C=O) groups is 2. The van der Waals surface area contributed by atoms with E-state index < -0.39 is 11.4 Å². The Morgan fingerprint density at radius 1 is 1.05 bits per heavy atom. The molecule has 38 heavy (non-hydrogen) atoms. The minimum absolute atomic E-state index is 0.0271. The number of nitrogens with zero attached hydrogens (tertiary/aromatic N) is 2. The Kier molecular flexibility index (Phi) is 7.52. The number of hydrogen-bond acceptors (Lipinski definition) is 5. The van der Waals surface area contributed by atoms with Gasteiger partial charge in [-0.2, -0.15) is 0 Å². The SMILES string of the molecule is CCOc1cc(CN2CC3(CC([C@H]4CC[C@@H](C(=O)O)CC4)=NC3=O)C2)cc(OCC)c1-c1ccc(F)cc1. The summed E-state index contributed by atoms with van der Waals surface area (Å²) in [7, 11) is 0. The normalized spacial score (nSPS) is 22.7. The van der Waals surface area contributed by atoms with Crippen molar-refractivity contribution in [1.29, 1.82) is 0 Å². The molecule has 2 aromatic rings. The molecule has 7 nitrogen and oxygen atoms in total. The van der Waals surface area contributed by atoms with Crippen LogP contribution in [0.25, 0.3) is 11.1 Å². The lowest BCUT2D eigenvalue weighted by Crippen LogP contribution is -2.58. The van der Waals surface area contributed by atoms with E-state index in [1.54, 1.807) is 12.1 Å². The molecule has 1 spiro atoms. The number of carboxylic acids is 1. The van der Waals surface area contributed by atoms with Crippen LogP contribution in [0.1, 0.15) is 51.5 Å². The Labute approximate surface area is 222 Å². The van der Waals surface area contributed by atoms with Crippen LogP contribution >= 0.6 is 0 Å². The van der Waals surface area contributed by atoms with Crippen LogP contribution < -0.4 is 9.47 Å². The molecule has 2 aromatic carbocycles. The molecule has 1 saturated heterocycles. The summed E-state index contributed by atoms with van der Waals surface area (Å²) < 4.78 is 25.5. The van der Waals surface area contributed by atoms with E-state index in [0.29, 0.717) is 63.6 Å². The first-order valence-electron chi connectivity index (χ1n) is 13.6. The van der Waals surface area contributed by atoms with Gasteiger partial charge < -0.3 is 14.6 Å². The van der Waals surface area contributed by atoms with Crippen molar-refractivity contribution >= 4 is 17.6 Å². The summed E-state index contributed by atoms with van der Waals surface area (Å²) >= 11 is 0. The van der Waals surface area contributed by atoms with Crippen molar-refractivity contribution in [3.63, 3.8) is 0 Å². The molecule has 0 atom stereocenters. The molecule has 1 saturated carbocycles. The van der Waals surface area contributed by atoms with Crippen molar-refractivity contribution < 1.29 is 28.6 Å². The fourth-order valence-electron chi connectivity index (χ4n) is 6.22. The number of carboxylic acid groups (broad SMARTS) is 1. The van der Waals surface area contributed by atoms with Crippen LogP contribution in [-0.4, -0.2) is 53.9 Å². The average Bonchev–Trinajstić information content (AvgIpc) is 3.22. The molecule has 8 heteroatoms. The van der Waals surface area contributed by atoms with Crippen LogP contribution in [0.15, 0.2) is 41.4 Å². The summed E-state index contributed by atoms with van der Waals surface area (Å²) in [5, 5.41) is 9.27. The monoisotopic (exact) mass is 522 g/mol. The third-order valence-corrected chi connectivity index (χ3v) is 8.08. The lowest BCUT2D eigenvalue weighted by atomic mass is 9.72. The van der Waals surface area contributed by atoms with Gasteiger partial charge in [0.1, 0.15) is 17.3 Å². The molecule has 3 aliphatic rings. The van der Waals surface area contributed by atoms with Crippen LogP contribution in [0.4, 0.5) is 4.39 Å². The van der Waals surface area contributed by atoms with Crippen molar-refractivity contribution in [2.45, 2.75) is 52.5 Å². The zero-order valence-corrected chi connectivity index (χ0v) is 22.0. The predicted molar refractivity (Wildman–Crippen MR) is 142 cm³/mol. The number of likely N-dealkylation sites (tertiary alicyclic amines) is 1. The topological polar surface area (TPSA) is 88.4 Å². The number of carbonyl (C=O) groups excluding carboxylic acids is 1. The second-order valence-corrected chi connectivity index (χ2v) is 10.7. The maximum Gasteiger partial charge on any atom is 0.306 e. The standard InChI is InChI=1S/C30H35FN2O5/c1-3-37-25-13-19(14-26(38-4-2)27(25)21-9-11-23(31)12-10-21)16-33-17-30(18-33)15-24(32-29(30)36)20-5-7-22(8-6-20)28(34)35/h9-14,20,22H,3-8,15-18H2,1-2H3,(H,34,35)/t20-,22+. The molecule has 2 fully saturated rings. The number of ether oxygens (including phenoxy) is 2. The number of aliphatic carboxylic acids is 1. The smallest absolute Gasteiger partial charge is 0.306 e. The van der Waals surface area contributed by atoms with Crippen LogP contribution in [0.3, 0.4) is 0 Å². The Balaban J connectivity index is 1.27. The van der Waals surface area contributed by atoms with Crippen molar-refractivity contribution in [2.75, 3.05) is 26.3 Å². The van der Waals surface area contributed by atoms with Crippen LogP contribution in [0, 0.1) is 23.1 Å². The van der Waals surface area contributed by atoms with Gasteiger partial charge in [-0.25, -0.2) is 9.38 Å². The van der Waals surface area contributed by atoms with E-state index >= 15 is 0 Å². The van der Waals surface area contributed by atoms with Gasteiger partial charge in [-0.3, -0.25) is 14.5 Å². The van der Waals surface area contributed by atoms with E-state index in [-0.39, 0.29) is 23.6 Å². The summed E-state index contributed by atoms with van der Waals surface area (Å²) in [4.78, 5) is 30.9. The predicted octanol–water partition coefficient (Wildman–Crippen LogP) is 5.35. The average molecular weight is 523 g/mol. The van der Waals surface area contributed by atoms with Gasteiger partial charge >= 0.3 is 5.97 Å². The van der Waals surface area contributed by atoms with Crippen LogP contribution in [-0.2, 0) is 16.1 Å². The van der Waals surface area contributed by atoms with Gasteiger partial charge in [0.25, 0.3) is 5.91 Å². The van der Waals surface area contributed by atoms with Crippen molar-refractivity contribution in [3.05, 3.63) is 47.8 Å². The van der Waals surface area contributed by atoms with Crippen LogP contribution in [0.5, 0.6) is 11.5 Å². The quantitative estimate of drug-likeness (QED) is 0.477. The molecule has 0 bridgehead atoms. The largest absolute Gasteiger partial charge is 0.493 e. The third-order valence-electron chi connectivity index (χ3n) is 8.08. The van der Waals surface area contributed by atoms with Crippen LogP contribution in [0.2, 0.25) is 0 Å². The lowest BCUT2D eigenvalue weighted by molar-refractivity contribution is -0.143. The minimum atomic E-state index is -0.718. The summed E-state index contributed by atoms with van der Waals surface area (Å²) in [5.41, 5.74) is 3.18. The molecule has 1 aliphatic carbocycles. The number of hydrogen-bond donors (Lipinski definition) is 1. The van der Waals surface area contributed by atoms with E-state index in [9.17, 15) is 19.1 Å². The fraction of sp³-hybridized carbons (Fsp3) is 0.500. The second-order valence-electron chi connectivity index (χ2n) is 10.7. The van der Waals surface area contributed by atoms with E-state index in [1.165, 1.54) is 12.1 Å². The summed E-state index contributed by atoms with van der Waals surface area (Å²) in [6, 6.07) is 10.3. The first-order valence-corrected chi connectivity index (χ1v) is 13.6. The Bertz CT molecular complexity index is 1200. The zero-order valence-electron chi connectivity index (χ0n) is 22.0. The molecule has 202 valence electrons. The highest BCUT2D eigenvalue weighted by molar-refractivity contribution is 6.07. The molecule has 2 aliphatic heterocycles. The molecule has 5 rings (SSSR count). The highest BCUT2D eigenvalue weighted by atomic mass is 19.1. The Morgan fingerprint density at radius 3 is 2.21 bits per heavy atom. The zero-order chi connectivity index (χ0) is 26.9. The Morgan fingerprint density at radius 2 is 1.66 bits per heavy atom. The van der Waals surface area contributed by atoms with Gasteiger partial charge in [-0.05, 0) is 80.8 Å².